The van der Waals surface area contributed by atoms with E-state index in [9.17, 15) is 8.42 Å². The topological polar surface area (TPSA) is 72.2 Å². The van der Waals surface area contributed by atoms with Gasteiger partial charge in [-0.05, 0) is 32.1 Å². The summed E-state index contributed by atoms with van der Waals surface area (Å²) < 4.78 is 26.0. The first-order valence-corrected chi connectivity index (χ1v) is 6.35. The van der Waals surface area contributed by atoms with Gasteiger partial charge >= 0.3 is 0 Å². The van der Waals surface area contributed by atoms with Crippen LogP contribution >= 0.6 is 0 Å². The van der Waals surface area contributed by atoms with Gasteiger partial charge in [0.05, 0.1) is 5.25 Å². The van der Waals surface area contributed by atoms with Gasteiger partial charge in [0, 0.05) is 12.1 Å². The molecule has 0 spiro atoms. The summed E-state index contributed by atoms with van der Waals surface area (Å²) in [4.78, 5) is 0. The fourth-order valence-electron chi connectivity index (χ4n) is 1.71. The Kier molecular flexibility index (Phi) is 2.13. The Morgan fingerprint density at radius 1 is 1.38 bits per heavy atom. The molecule has 0 aromatic heterocycles. The number of hydrogen-bond donors (Lipinski definition) is 2. The van der Waals surface area contributed by atoms with Crippen molar-refractivity contribution < 1.29 is 8.42 Å². The molecule has 0 aromatic rings. The SMILES string of the molecule is NCC1(NS(=O)(=O)C2CC2)CCC1. The number of nitrogens with one attached hydrogen (secondary N) is 1. The normalized spacial score (nSPS) is 26.8. The van der Waals surface area contributed by atoms with Crippen molar-refractivity contribution in [1.29, 1.82) is 0 Å². The molecule has 0 unspecified atom stereocenters. The van der Waals surface area contributed by atoms with Gasteiger partial charge in [0.15, 0.2) is 0 Å². The van der Waals surface area contributed by atoms with E-state index in [0.29, 0.717) is 6.54 Å². The molecule has 2 aliphatic rings. The molecular formula is C8H16N2O2S. The maximum absolute atomic E-state index is 11.6. The molecule has 0 bridgehead atoms. The summed E-state index contributed by atoms with van der Waals surface area (Å²) in [6.07, 6.45) is 4.52. The molecule has 0 amide bonds. The second-order valence-electron chi connectivity index (χ2n) is 4.18. The number of sulfonamides is 1. The molecule has 0 saturated heterocycles. The van der Waals surface area contributed by atoms with Crippen molar-refractivity contribution in [2.45, 2.75) is 42.9 Å². The van der Waals surface area contributed by atoms with Gasteiger partial charge in [0.1, 0.15) is 0 Å². The van der Waals surface area contributed by atoms with Gasteiger partial charge in [-0.25, -0.2) is 13.1 Å². The van der Waals surface area contributed by atoms with E-state index in [1.807, 2.05) is 0 Å². The fourth-order valence-corrected chi connectivity index (χ4v) is 3.53. The van der Waals surface area contributed by atoms with Gasteiger partial charge in [0.25, 0.3) is 0 Å². The lowest BCUT2D eigenvalue weighted by atomic mass is 9.78. The van der Waals surface area contributed by atoms with Crippen molar-refractivity contribution in [3.63, 3.8) is 0 Å². The van der Waals surface area contributed by atoms with Crippen molar-refractivity contribution in [2.75, 3.05) is 6.54 Å². The molecule has 2 rings (SSSR count). The molecule has 0 aliphatic heterocycles. The molecule has 5 heteroatoms. The summed E-state index contributed by atoms with van der Waals surface area (Å²) in [5, 5.41) is -0.128. The highest BCUT2D eigenvalue weighted by Gasteiger charge is 2.44. The average Bonchev–Trinajstić information content (AvgIpc) is 2.78. The van der Waals surface area contributed by atoms with Crippen LogP contribution in [0.25, 0.3) is 0 Å². The van der Waals surface area contributed by atoms with E-state index < -0.39 is 10.0 Å². The monoisotopic (exact) mass is 204 g/mol. The lowest BCUT2D eigenvalue weighted by Crippen LogP contribution is -2.58. The second kappa shape index (κ2) is 2.93. The predicted molar refractivity (Wildman–Crippen MR) is 50.7 cm³/mol. The van der Waals surface area contributed by atoms with E-state index in [-0.39, 0.29) is 10.8 Å². The van der Waals surface area contributed by atoms with Gasteiger partial charge in [-0.1, -0.05) is 0 Å². The van der Waals surface area contributed by atoms with Gasteiger partial charge in [-0.2, -0.15) is 0 Å². The van der Waals surface area contributed by atoms with Crippen molar-refractivity contribution in [2.24, 2.45) is 5.73 Å². The van der Waals surface area contributed by atoms with Crippen LogP contribution in [-0.4, -0.2) is 25.8 Å². The van der Waals surface area contributed by atoms with Crippen LogP contribution in [0, 0.1) is 0 Å². The highest BCUT2D eigenvalue weighted by atomic mass is 32.2. The summed E-state index contributed by atoms with van der Waals surface area (Å²) in [5.41, 5.74) is 5.28. The standard InChI is InChI=1S/C8H16N2O2S/c9-6-8(4-1-5-8)10-13(11,12)7-2-3-7/h7,10H,1-6,9H2. The zero-order valence-corrected chi connectivity index (χ0v) is 8.44. The van der Waals surface area contributed by atoms with E-state index in [4.69, 9.17) is 5.73 Å². The van der Waals surface area contributed by atoms with Crippen LogP contribution in [0.15, 0.2) is 0 Å². The molecule has 4 nitrogen and oxygen atoms in total. The first kappa shape index (κ1) is 9.43. The molecule has 3 N–H and O–H groups in total. The molecule has 13 heavy (non-hydrogen) atoms. The Bertz CT molecular complexity index is 286. The molecule has 2 aliphatic carbocycles. The third kappa shape index (κ3) is 1.73. The lowest BCUT2D eigenvalue weighted by Gasteiger charge is -2.41. The Morgan fingerprint density at radius 3 is 2.31 bits per heavy atom. The first-order valence-electron chi connectivity index (χ1n) is 4.81. The Hall–Kier alpha value is -0.130. The van der Waals surface area contributed by atoms with Crippen LogP contribution in [0.1, 0.15) is 32.1 Å². The third-order valence-corrected chi connectivity index (χ3v) is 5.09. The minimum atomic E-state index is -3.05. The summed E-state index contributed by atoms with van der Waals surface area (Å²) in [5.74, 6) is 0. The van der Waals surface area contributed by atoms with Crippen LogP contribution in [0.4, 0.5) is 0 Å². The first-order chi connectivity index (χ1) is 6.08. The highest BCUT2D eigenvalue weighted by Crippen LogP contribution is 2.35. The van der Waals surface area contributed by atoms with Gasteiger partial charge in [-0.3, -0.25) is 0 Å². The van der Waals surface area contributed by atoms with Crippen molar-refractivity contribution in [3.05, 3.63) is 0 Å². The van der Waals surface area contributed by atoms with E-state index >= 15 is 0 Å². The molecule has 2 saturated carbocycles. The fraction of sp³-hybridized carbons (Fsp3) is 1.00. The summed E-state index contributed by atoms with van der Waals surface area (Å²) in [6, 6.07) is 0. The zero-order valence-electron chi connectivity index (χ0n) is 7.62. The third-order valence-electron chi connectivity index (χ3n) is 3.02. The molecule has 0 radical (unpaired) electrons. The Morgan fingerprint density at radius 2 is 2.00 bits per heavy atom. The average molecular weight is 204 g/mol. The van der Waals surface area contributed by atoms with E-state index in [1.165, 1.54) is 0 Å². The number of rotatable bonds is 4. The van der Waals surface area contributed by atoms with E-state index in [2.05, 4.69) is 4.72 Å². The van der Waals surface area contributed by atoms with Crippen LogP contribution < -0.4 is 10.5 Å². The smallest absolute Gasteiger partial charge is 0.215 e. The maximum atomic E-state index is 11.6. The lowest BCUT2D eigenvalue weighted by molar-refractivity contribution is 0.230. The van der Waals surface area contributed by atoms with Gasteiger partial charge in [-0.15, -0.1) is 0 Å². The Labute approximate surface area is 78.9 Å². The molecular weight excluding hydrogens is 188 g/mol. The zero-order chi connectivity index (χ0) is 9.53. The number of hydrogen-bond acceptors (Lipinski definition) is 3. The summed E-state index contributed by atoms with van der Waals surface area (Å²) >= 11 is 0. The maximum Gasteiger partial charge on any atom is 0.215 e. The van der Waals surface area contributed by atoms with Crippen LogP contribution in [0.3, 0.4) is 0 Å². The summed E-state index contributed by atoms with van der Waals surface area (Å²) in [6.45, 7) is 0.430. The highest BCUT2D eigenvalue weighted by molar-refractivity contribution is 7.90. The van der Waals surface area contributed by atoms with Crippen LogP contribution in [0.2, 0.25) is 0 Å². The van der Waals surface area contributed by atoms with Crippen LogP contribution in [0.5, 0.6) is 0 Å². The minimum Gasteiger partial charge on any atom is -0.329 e. The quantitative estimate of drug-likeness (QED) is 0.674. The van der Waals surface area contributed by atoms with Gasteiger partial charge < -0.3 is 5.73 Å². The minimum absolute atomic E-state index is 0.128. The molecule has 2 fully saturated rings. The van der Waals surface area contributed by atoms with E-state index in [0.717, 1.165) is 32.1 Å². The largest absolute Gasteiger partial charge is 0.329 e. The second-order valence-corrected chi connectivity index (χ2v) is 6.15. The van der Waals surface area contributed by atoms with E-state index in [1.54, 1.807) is 0 Å². The molecule has 76 valence electrons. The van der Waals surface area contributed by atoms with Gasteiger partial charge in [0.2, 0.25) is 10.0 Å². The van der Waals surface area contributed by atoms with Crippen molar-refractivity contribution >= 4 is 10.0 Å². The van der Waals surface area contributed by atoms with Crippen LogP contribution in [-0.2, 0) is 10.0 Å². The molecule has 0 atom stereocenters. The predicted octanol–water partition coefficient (Wildman–Crippen LogP) is -0.0504. The molecule has 0 aromatic carbocycles. The number of nitrogens with two attached hydrogens (primary N) is 1. The van der Waals surface area contributed by atoms with Crippen molar-refractivity contribution in [3.8, 4) is 0 Å². The molecule has 0 heterocycles. The Balaban J connectivity index is 2.03. The van der Waals surface area contributed by atoms with Crippen molar-refractivity contribution in [1.82, 2.24) is 4.72 Å². The summed E-state index contributed by atoms with van der Waals surface area (Å²) in [7, 11) is -3.05.